The molecule has 0 aliphatic carbocycles. The highest BCUT2D eigenvalue weighted by Crippen LogP contribution is 2.21. The summed E-state index contributed by atoms with van der Waals surface area (Å²) in [5.74, 6) is 0. The quantitative estimate of drug-likeness (QED) is 0.862. The molecule has 2 N–H and O–H groups in total. The molecular weight excluding hydrogens is 206 g/mol. The van der Waals surface area contributed by atoms with Gasteiger partial charge in [0.05, 0.1) is 6.20 Å². The lowest BCUT2D eigenvalue weighted by Gasteiger charge is -2.09. The summed E-state index contributed by atoms with van der Waals surface area (Å²) >= 11 is 1.75. The van der Waals surface area contributed by atoms with E-state index in [1.807, 2.05) is 17.9 Å². The average Bonchev–Trinajstić information content (AvgIpc) is 2.79. The predicted octanol–water partition coefficient (Wildman–Crippen LogP) is 2.03. The number of hydrogen-bond acceptors (Lipinski definition) is 3. The van der Waals surface area contributed by atoms with E-state index in [0.717, 1.165) is 17.7 Å². The van der Waals surface area contributed by atoms with Crippen molar-refractivity contribution in [2.75, 3.05) is 0 Å². The molecule has 0 aliphatic heterocycles. The van der Waals surface area contributed by atoms with Crippen molar-refractivity contribution in [1.82, 2.24) is 9.78 Å². The van der Waals surface area contributed by atoms with Gasteiger partial charge >= 0.3 is 0 Å². The van der Waals surface area contributed by atoms with Gasteiger partial charge in [-0.25, -0.2) is 0 Å². The fourth-order valence-corrected chi connectivity index (χ4v) is 2.40. The lowest BCUT2D eigenvalue weighted by Crippen LogP contribution is -2.13. The Kier molecular flexibility index (Phi) is 2.88. The number of hydrogen-bond donors (Lipinski definition) is 1. The zero-order chi connectivity index (χ0) is 10.8. The second kappa shape index (κ2) is 4.16. The van der Waals surface area contributed by atoms with Crippen LogP contribution < -0.4 is 5.73 Å². The van der Waals surface area contributed by atoms with Crippen LogP contribution in [0.15, 0.2) is 23.7 Å². The molecule has 3 nitrogen and oxygen atoms in total. The summed E-state index contributed by atoms with van der Waals surface area (Å²) in [6.45, 7) is 2.05. The summed E-state index contributed by atoms with van der Waals surface area (Å²) in [6, 6.07) is 4.23. The molecule has 0 amide bonds. The largest absolute Gasteiger partial charge is 0.324 e. The molecule has 0 spiro atoms. The molecular formula is C11H15N3S. The van der Waals surface area contributed by atoms with Gasteiger partial charge in [-0.1, -0.05) is 6.07 Å². The van der Waals surface area contributed by atoms with E-state index in [2.05, 4.69) is 29.5 Å². The van der Waals surface area contributed by atoms with Crippen LogP contribution in [0.4, 0.5) is 0 Å². The number of rotatable bonds is 3. The Morgan fingerprint density at radius 3 is 2.93 bits per heavy atom. The van der Waals surface area contributed by atoms with Gasteiger partial charge in [0, 0.05) is 35.6 Å². The zero-order valence-corrected chi connectivity index (χ0v) is 9.79. The smallest absolute Gasteiger partial charge is 0.0540 e. The minimum Gasteiger partial charge on any atom is -0.324 e. The number of aromatic nitrogens is 2. The minimum atomic E-state index is 0.0531. The molecule has 0 aliphatic rings. The van der Waals surface area contributed by atoms with Gasteiger partial charge in [0.25, 0.3) is 0 Å². The fourth-order valence-electron chi connectivity index (χ4n) is 1.64. The van der Waals surface area contributed by atoms with Gasteiger partial charge in [0.2, 0.25) is 0 Å². The molecule has 4 heteroatoms. The zero-order valence-electron chi connectivity index (χ0n) is 8.97. The number of nitrogens with zero attached hydrogens (tertiary/aromatic N) is 2. The fraction of sp³-hybridized carbons (Fsp3) is 0.364. The Morgan fingerprint density at radius 1 is 1.60 bits per heavy atom. The van der Waals surface area contributed by atoms with Gasteiger partial charge in [-0.3, -0.25) is 4.68 Å². The number of aryl methyl sites for hydroxylation is 1. The normalized spacial score (nSPS) is 13.0. The van der Waals surface area contributed by atoms with Crippen LogP contribution in [0.1, 0.15) is 22.2 Å². The van der Waals surface area contributed by atoms with Crippen LogP contribution in [0.3, 0.4) is 0 Å². The first-order valence-electron chi connectivity index (χ1n) is 4.95. The molecule has 0 bridgehead atoms. The third-order valence-electron chi connectivity index (χ3n) is 2.67. The van der Waals surface area contributed by atoms with E-state index in [4.69, 9.17) is 5.73 Å². The van der Waals surface area contributed by atoms with E-state index < -0.39 is 0 Å². The standard InChI is InChI=1S/C11H15N3S/c1-8-10(7-13-14(8)2)11(12)6-9-4-3-5-15-9/h3-5,7,11H,6,12H2,1-2H3. The van der Waals surface area contributed by atoms with Crippen LogP contribution in [-0.2, 0) is 13.5 Å². The SMILES string of the molecule is Cc1c(C(N)Cc2cccs2)cnn1C. The molecule has 2 aromatic rings. The highest BCUT2D eigenvalue weighted by atomic mass is 32.1. The van der Waals surface area contributed by atoms with Gasteiger partial charge in [-0.05, 0) is 18.4 Å². The summed E-state index contributed by atoms with van der Waals surface area (Å²) in [5.41, 5.74) is 8.45. The van der Waals surface area contributed by atoms with Crippen LogP contribution >= 0.6 is 11.3 Å². The van der Waals surface area contributed by atoms with E-state index in [9.17, 15) is 0 Å². The molecule has 2 rings (SSSR count). The monoisotopic (exact) mass is 221 g/mol. The van der Waals surface area contributed by atoms with E-state index in [0.29, 0.717) is 0 Å². The van der Waals surface area contributed by atoms with Crippen molar-refractivity contribution in [1.29, 1.82) is 0 Å². The van der Waals surface area contributed by atoms with E-state index in [1.165, 1.54) is 4.88 Å². The maximum Gasteiger partial charge on any atom is 0.0540 e. The molecule has 0 fully saturated rings. The Morgan fingerprint density at radius 2 is 2.40 bits per heavy atom. The highest BCUT2D eigenvalue weighted by Gasteiger charge is 2.13. The third-order valence-corrected chi connectivity index (χ3v) is 3.57. The molecule has 1 unspecified atom stereocenters. The summed E-state index contributed by atoms with van der Waals surface area (Å²) in [4.78, 5) is 1.32. The van der Waals surface area contributed by atoms with E-state index in [1.54, 1.807) is 11.3 Å². The Hall–Kier alpha value is -1.13. The first-order chi connectivity index (χ1) is 7.18. The van der Waals surface area contributed by atoms with Crippen LogP contribution in [0.5, 0.6) is 0 Å². The molecule has 15 heavy (non-hydrogen) atoms. The van der Waals surface area contributed by atoms with Crippen molar-refractivity contribution in [3.8, 4) is 0 Å². The number of thiophene rings is 1. The first-order valence-corrected chi connectivity index (χ1v) is 5.83. The molecule has 2 heterocycles. The highest BCUT2D eigenvalue weighted by molar-refractivity contribution is 7.09. The second-order valence-corrected chi connectivity index (χ2v) is 4.73. The molecule has 0 aromatic carbocycles. The Labute approximate surface area is 93.5 Å². The molecule has 0 radical (unpaired) electrons. The summed E-state index contributed by atoms with van der Waals surface area (Å²) in [7, 11) is 1.94. The molecule has 1 atom stereocenters. The van der Waals surface area contributed by atoms with Crippen molar-refractivity contribution in [2.45, 2.75) is 19.4 Å². The van der Waals surface area contributed by atoms with Crippen molar-refractivity contribution in [3.05, 3.63) is 39.8 Å². The topological polar surface area (TPSA) is 43.8 Å². The van der Waals surface area contributed by atoms with Crippen molar-refractivity contribution >= 4 is 11.3 Å². The summed E-state index contributed by atoms with van der Waals surface area (Å²) in [5, 5.41) is 6.29. The van der Waals surface area contributed by atoms with Crippen LogP contribution in [0, 0.1) is 6.92 Å². The van der Waals surface area contributed by atoms with Crippen LogP contribution in [-0.4, -0.2) is 9.78 Å². The molecule has 2 aromatic heterocycles. The van der Waals surface area contributed by atoms with E-state index in [-0.39, 0.29) is 6.04 Å². The van der Waals surface area contributed by atoms with Gasteiger partial charge in [-0.2, -0.15) is 5.10 Å². The lowest BCUT2D eigenvalue weighted by atomic mass is 10.1. The Bertz CT molecular complexity index is 431. The van der Waals surface area contributed by atoms with Crippen LogP contribution in [0.25, 0.3) is 0 Å². The van der Waals surface area contributed by atoms with E-state index >= 15 is 0 Å². The molecule has 0 saturated carbocycles. The van der Waals surface area contributed by atoms with Gasteiger partial charge < -0.3 is 5.73 Å². The molecule has 0 saturated heterocycles. The maximum atomic E-state index is 6.15. The van der Waals surface area contributed by atoms with Crippen molar-refractivity contribution in [2.24, 2.45) is 12.8 Å². The maximum absolute atomic E-state index is 6.15. The second-order valence-electron chi connectivity index (χ2n) is 3.70. The Balaban J connectivity index is 2.14. The summed E-state index contributed by atoms with van der Waals surface area (Å²) < 4.78 is 1.86. The summed E-state index contributed by atoms with van der Waals surface area (Å²) in [6.07, 6.45) is 2.76. The predicted molar refractivity (Wildman–Crippen MR) is 62.9 cm³/mol. The van der Waals surface area contributed by atoms with Gasteiger partial charge in [0.15, 0.2) is 0 Å². The lowest BCUT2D eigenvalue weighted by molar-refractivity contribution is 0.705. The average molecular weight is 221 g/mol. The van der Waals surface area contributed by atoms with Gasteiger partial charge in [0.1, 0.15) is 0 Å². The minimum absolute atomic E-state index is 0.0531. The first kappa shape index (κ1) is 10.4. The van der Waals surface area contributed by atoms with Crippen molar-refractivity contribution in [3.63, 3.8) is 0 Å². The van der Waals surface area contributed by atoms with Crippen LogP contribution in [0.2, 0.25) is 0 Å². The number of nitrogens with two attached hydrogens (primary N) is 1. The van der Waals surface area contributed by atoms with Gasteiger partial charge in [-0.15, -0.1) is 11.3 Å². The third kappa shape index (κ3) is 2.11. The molecule has 80 valence electrons. The van der Waals surface area contributed by atoms with Crippen molar-refractivity contribution < 1.29 is 0 Å².